The van der Waals surface area contributed by atoms with Gasteiger partial charge in [-0.2, -0.15) is 0 Å². The molecular formula is C21H23NO2. The maximum atomic E-state index is 13.3. The highest BCUT2D eigenvalue weighted by molar-refractivity contribution is 5.83. The standard InChI is InChI=1S/C21H23NO2/c1-2-16-9-6-10-18-19(16)21(23)22(13-15-7-4-3-5-8-15)20(18)17-11-12-24-14-17/h3-8,10-12,14,16,18-20H,2,9,13H2,1H3/t16-,18+,19+,20-/m0/s1. The fourth-order valence-corrected chi connectivity index (χ4v) is 4.42. The summed E-state index contributed by atoms with van der Waals surface area (Å²) in [5.41, 5.74) is 2.28. The summed E-state index contributed by atoms with van der Waals surface area (Å²) in [6.07, 6.45) is 10.1. The van der Waals surface area contributed by atoms with E-state index in [0.717, 1.165) is 18.4 Å². The van der Waals surface area contributed by atoms with Crippen LogP contribution in [-0.4, -0.2) is 10.8 Å². The van der Waals surface area contributed by atoms with Crippen molar-refractivity contribution in [3.05, 3.63) is 72.2 Å². The number of carbonyl (C=O) groups excluding carboxylic acids is 1. The molecule has 124 valence electrons. The molecule has 24 heavy (non-hydrogen) atoms. The van der Waals surface area contributed by atoms with Crippen LogP contribution in [0.3, 0.4) is 0 Å². The second kappa shape index (κ2) is 6.31. The van der Waals surface area contributed by atoms with Gasteiger partial charge in [-0.3, -0.25) is 4.79 Å². The molecule has 1 aromatic heterocycles. The number of allylic oxidation sites excluding steroid dienone is 1. The zero-order chi connectivity index (χ0) is 16.5. The Balaban J connectivity index is 1.72. The highest BCUT2D eigenvalue weighted by Gasteiger charge is 2.51. The van der Waals surface area contributed by atoms with Crippen molar-refractivity contribution in [3.63, 3.8) is 0 Å². The van der Waals surface area contributed by atoms with Crippen LogP contribution in [0.2, 0.25) is 0 Å². The average Bonchev–Trinajstić information content (AvgIpc) is 3.23. The van der Waals surface area contributed by atoms with Crippen LogP contribution in [-0.2, 0) is 11.3 Å². The minimum Gasteiger partial charge on any atom is -0.472 e. The Kier molecular flexibility index (Phi) is 4.01. The number of hydrogen-bond acceptors (Lipinski definition) is 2. The first-order valence-electron chi connectivity index (χ1n) is 8.82. The Morgan fingerprint density at radius 1 is 1.21 bits per heavy atom. The summed E-state index contributed by atoms with van der Waals surface area (Å²) in [4.78, 5) is 15.3. The number of hydrogen-bond donors (Lipinski definition) is 0. The first kappa shape index (κ1) is 15.3. The zero-order valence-corrected chi connectivity index (χ0v) is 14.0. The Hall–Kier alpha value is -2.29. The van der Waals surface area contributed by atoms with Gasteiger partial charge < -0.3 is 9.32 Å². The van der Waals surface area contributed by atoms with Gasteiger partial charge in [0.1, 0.15) is 0 Å². The molecule has 3 heteroatoms. The lowest BCUT2D eigenvalue weighted by Crippen LogP contribution is -2.31. The fourth-order valence-electron chi connectivity index (χ4n) is 4.42. The molecule has 1 fully saturated rings. The molecule has 0 N–H and O–H groups in total. The number of likely N-dealkylation sites (tertiary alicyclic amines) is 1. The molecule has 1 saturated heterocycles. The molecule has 0 unspecified atom stereocenters. The summed E-state index contributed by atoms with van der Waals surface area (Å²) < 4.78 is 5.33. The Morgan fingerprint density at radius 3 is 2.75 bits per heavy atom. The smallest absolute Gasteiger partial charge is 0.227 e. The fraction of sp³-hybridized carbons (Fsp3) is 0.381. The molecule has 0 spiro atoms. The van der Waals surface area contributed by atoms with Gasteiger partial charge in [0.2, 0.25) is 5.91 Å². The lowest BCUT2D eigenvalue weighted by Gasteiger charge is -2.29. The van der Waals surface area contributed by atoms with E-state index in [1.54, 1.807) is 12.5 Å². The molecular weight excluding hydrogens is 298 g/mol. The molecule has 4 rings (SSSR count). The van der Waals surface area contributed by atoms with Crippen molar-refractivity contribution in [1.82, 2.24) is 4.90 Å². The van der Waals surface area contributed by atoms with Crippen molar-refractivity contribution in [2.24, 2.45) is 17.8 Å². The van der Waals surface area contributed by atoms with E-state index in [1.807, 2.05) is 24.3 Å². The van der Waals surface area contributed by atoms with Crippen LogP contribution in [0.5, 0.6) is 0 Å². The van der Waals surface area contributed by atoms with E-state index in [2.05, 4.69) is 36.1 Å². The Bertz CT molecular complexity index is 720. The number of rotatable bonds is 4. The zero-order valence-electron chi connectivity index (χ0n) is 14.0. The van der Waals surface area contributed by atoms with Gasteiger partial charge in [-0.1, -0.05) is 55.8 Å². The Labute approximate surface area is 143 Å². The van der Waals surface area contributed by atoms with Crippen molar-refractivity contribution >= 4 is 5.91 Å². The maximum Gasteiger partial charge on any atom is 0.227 e. The summed E-state index contributed by atoms with van der Waals surface area (Å²) in [7, 11) is 0. The number of furan rings is 1. The third-order valence-corrected chi connectivity index (χ3v) is 5.59. The molecule has 0 radical (unpaired) electrons. The summed E-state index contributed by atoms with van der Waals surface area (Å²) in [5.74, 6) is 1.09. The van der Waals surface area contributed by atoms with E-state index >= 15 is 0 Å². The van der Waals surface area contributed by atoms with Gasteiger partial charge in [0, 0.05) is 23.9 Å². The minimum atomic E-state index is 0.0760. The number of carbonyl (C=O) groups is 1. The molecule has 4 atom stereocenters. The predicted octanol–water partition coefficient (Wildman–Crippen LogP) is 4.58. The predicted molar refractivity (Wildman–Crippen MR) is 93.0 cm³/mol. The number of benzene rings is 1. The first-order valence-corrected chi connectivity index (χ1v) is 8.82. The highest BCUT2D eigenvalue weighted by atomic mass is 16.3. The summed E-state index contributed by atoms with van der Waals surface area (Å²) in [6.45, 7) is 2.85. The summed E-state index contributed by atoms with van der Waals surface area (Å²) >= 11 is 0. The van der Waals surface area contributed by atoms with Crippen LogP contribution >= 0.6 is 0 Å². The first-order chi connectivity index (χ1) is 11.8. The van der Waals surface area contributed by atoms with Crippen LogP contribution in [0.1, 0.15) is 36.9 Å². The quantitative estimate of drug-likeness (QED) is 0.772. The van der Waals surface area contributed by atoms with Gasteiger partial charge in [0.15, 0.2) is 0 Å². The minimum absolute atomic E-state index is 0.0760. The molecule has 0 bridgehead atoms. The normalized spacial score (nSPS) is 29.0. The van der Waals surface area contributed by atoms with Crippen LogP contribution in [0.25, 0.3) is 0 Å². The van der Waals surface area contributed by atoms with Gasteiger partial charge in [-0.05, 0) is 24.0 Å². The Morgan fingerprint density at radius 2 is 2.04 bits per heavy atom. The molecule has 1 aliphatic carbocycles. The van der Waals surface area contributed by atoms with E-state index in [4.69, 9.17) is 4.42 Å². The van der Waals surface area contributed by atoms with Crippen LogP contribution in [0.15, 0.2) is 65.5 Å². The van der Waals surface area contributed by atoms with E-state index in [9.17, 15) is 4.79 Å². The van der Waals surface area contributed by atoms with Gasteiger partial charge >= 0.3 is 0 Å². The molecule has 2 aliphatic rings. The maximum absolute atomic E-state index is 13.3. The molecule has 2 heterocycles. The average molecular weight is 321 g/mol. The van der Waals surface area contributed by atoms with Gasteiger partial charge in [-0.25, -0.2) is 0 Å². The van der Waals surface area contributed by atoms with Crippen molar-refractivity contribution < 1.29 is 9.21 Å². The van der Waals surface area contributed by atoms with E-state index in [0.29, 0.717) is 18.4 Å². The molecule has 1 amide bonds. The van der Waals surface area contributed by atoms with Gasteiger partial charge in [-0.15, -0.1) is 0 Å². The van der Waals surface area contributed by atoms with E-state index in [-0.39, 0.29) is 17.9 Å². The van der Waals surface area contributed by atoms with Crippen molar-refractivity contribution in [2.75, 3.05) is 0 Å². The van der Waals surface area contributed by atoms with E-state index < -0.39 is 0 Å². The lowest BCUT2D eigenvalue weighted by atomic mass is 9.73. The summed E-state index contributed by atoms with van der Waals surface area (Å²) in [5, 5.41) is 0. The molecule has 2 aromatic rings. The largest absolute Gasteiger partial charge is 0.472 e. The number of amides is 1. The third kappa shape index (κ3) is 2.48. The second-order valence-electron chi connectivity index (χ2n) is 6.89. The third-order valence-electron chi connectivity index (χ3n) is 5.59. The van der Waals surface area contributed by atoms with Crippen LogP contribution in [0, 0.1) is 17.8 Å². The molecule has 0 saturated carbocycles. The molecule has 1 aliphatic heterocycles. The lowest BCUT2D eigenvalue weighted by molar-refractivity contribution is -0.134. The van der Waals surface area contributed by atoms with Gasteiger partial charge in [0.25, 0.3) is 0 Å². The van der Waals surface area contributed by atoms with E-state index in [1.165, 1.54) is 5.56 Å². The van der Waals surface area contributed by atoms with Crippen LogP contribution < -0.4 is 0 Å². The number of nitrogens with zero attached hydrogens (tertiary/aromatic N) is 1. The number of fused-ring (bicyclic) bond motifs is 1. The van der Waals surface area contributed by atoms with Crippen LogP contribution in [0.4, 0.5) is 0 Å². The van der Waals surface area contributed by atoms with Gasteiger partial charge in [0.05, 0.1) is 18.6 Å². The van der Waals surface area contributed by atoms with Crippen molar-refractivity contribution in [2.45, 2.75) is 32.4 Å². The topological polar surface area (TPSA) is 33.5 Å². The highest BCUT2D eigenvalue weighted by Crippen LogP contribution is 2.49. The van der Waals surface area contributed by atoms with Crippen molar-refractivity contribution in [3.8, 4) is 0 Å². The van der Waals surface area contributed by atoms with Crippen molar-refractivity contribution in [1.29, 1.82) is 0 Å². The monoisotopic (exact) mass is 321 g/mol. The second-order valence-corrected chi connectivity index (χ2v) is 6.89. The molecule has 3 nitrogen and oxygen atoms in total. The molecule has 1 aromatic carbocycles. The SMILES string of the molecule is CC[C@H]1CC=C[C@@H]2[C@@H]1C(=O)N(Cc1ccccc1)[C@H]2c1ccoc1. The summed E-state index contributed by atoms with van der Waals surface area (Å²) in [6, 6.07) is 12.3.